The molecule has 17 heavy (non-hydrogen) atoms. The van der Waals surface area contributed by atoms with Gasteiger partial charge in [-0.1, -0.05) is 0 Å². The molecule has 0 fully saturated rings. The monoisotopic (exact) mass is 260 g/mol. The third-order valence-corrected chi connectivity index (χ3v) is 3.83. The molecule has 0 aromatic heterocycles. The molecular formula is C10H12O6S. The van der Waals surface area contributed by atoms with Crippen LogP contribution in [0.2, 0.25) is 0 Å². The quantitative estimate of drug-likeness (QED) is 0.687. The van der Waals surface area contributed by atoms with Crippen molar-refractivity contribution in [3.8, 4) is 5.75 Å². The van der Waals surface area contributed by atoms with Gasteiger partial charge in [0.2, 0.25) is 0 Å². The number of hydrogen-bond donors (Lipinski definition) is 3. The van der Waals surface area contributed by atoms with Crippen LogP contribution >= 0.6 is 0 Å². The summed E-state index contributed by atoms with van der Waals surface area (Å²) in [4.78, 5) is 10.2. The van der Waals surface area contributed by atoms with Crippen molar-refractivity contribution >= 4 is 15.8 Å². The smallest absolute Gasteiger partial charge is 0.306 e. The number of sulfone groups is 1. The molecule has 0 spiro atoms. The van der Waals surface area contributed by atoms with Gasteiger partial charge < -0.3 is 15.3 Å². The first-order valence-electron chi connectivity index (χ1n) is 4.73. The van der Waals surface area contributed by atoms with Crippen LogP contribution in [0.5, 0.6) is 5.75 Å². The van der Waals surface area contributed by atoms with E-state index in [1.54, 1.807) is 0 Å². The highest BCUT2D eigenvalue weighted by molar-refractivity contribution is 7.91. The number of carboxylic acid groups (broad SMARTS) is 1. The lowest BCUT2D eigenvalue weighted by atomic mass is 10.3. The zero-order valence-electron chi connectivity index (χ0n) is 8.78. The molecule has 0 aliphatic carbocycles. The van der Waals surface area contributed by atoms with Crippen LogP contribution in [-0.2, 0) is 14.6 Å². The highest BCUT2D eigenvalue weighted by atomic mass is 32.2. The predicted molar refractivity (Wildman–Crippen MR) is 58.4 cm³/mol. The third-order valence-electron chi connectivity index (χ3n) is 2.02. The molecule has 7 heteroatoms. The van der Waals surface area contributed by atoms with Crippen molar-refractivity contribution < 1.29 is 28.5 Å². The maximum atomic E-state index is 11.7. The molecule has 1 aromatic rings. The van der Waals surface area contributed by atoms with E-state index in [1.165, 1.54) is 24.3 Å². The van der Waals surface area contributed by atoms with E-state index < -0.39 is 34.1 Å². The van der Waals surface area contributed by atoms with Crippen LogP contribution in [0.1, 0.15) is 6.42 Å². The molecule has 0 amide bonds. The molecule has 1 rings (SSSR count). The average molecular weight is 260 g/mol. The Morgan fingerprint density at radius 1 is 1.24 bits per heavy atom. The fourth-order valence-electron chi connectivity index (χ4n) is 1.26. The third kappa shape index (κ3) is 4.04. The summed E-state index contributed by atoms with van der Waals surface area (Å²) in [6.45, 7) is 0. The molecule has 0 saturated heterocycles. The van der Waals surface area contributed by atoms with Gasteiger partial charge >= 0.3 is 5.97 Å². The summed E-state index contributed by atoms with van der Waals surface area (Å²) >= 11 is 0. The summed E-state index contributed by atoms with van der Waals surface area (Å²) in [7, 11) is -3.75. The van der Waals surface area contributed by atoms with E-state index in [4.69, 9.17) is 10.2 Å². The summed E-state index contributed by atoms with van der Waals surface area (Å²) in [5.74, 6) is -2.00. The van der Waals surface area contributed by atoms with Gasteiger partial charge in [-0.15, -0.1) is 0 Å². The van der Waals surface area contributed by atoms with E-state index in [0.29, 0.717) is 0 Å². The molecule has 0 saturated carbocycles. The Hall–Kier alpha value is -1.60. The van der Waals surface area contributed by atoms with Gasteiger partial charge in [0.05, 0.1) is 23.2 Å². The van der Waals surface area contributed by atoms with E-state index >= 15 is 0 Å². The molecule has 3 N–H and O–H groups in total. The lowest BCUT2D eigenvalue weighted by Crippen LogP contribution is -2.23. The molecule has 0 aliphatic heterocycles. The zero-order valence-corrected chi connectivity index (χ0v) is 9.59. The van der Waals surface area contributed by atoms with Gasteiger partial charge in [0.25, 0.3) is 0 Å². The van der Waals surface area contributed by atoms with Gasteiger partial charge in [0.15, 0.2) is 9.84 Å². The number of hydrogen-bond acceptors (Lipinski definition) is 5. The van der Waals surface area contributed by atoms with Gasteiger partial charge in [-0.05, 0) is 24.3 Å². The number of phenolic OH excluding ortho intramolecular Hbond substituents is 1. The van der Waals surface area contributed by atoms with Crippen molar-refractivity contribution in [3.63, 3.8) is 0 Å². The normalized spacial score (nSPS) is 13.2. The molecule has 1 atom stereocenters. The van der Waals surface area contributed by atoms with Gasteiger partial charge in [0.1, 0.15) is 5.75 Å². The number of aliphatic hydroxyl groups excluding tert-OH is 1. The van der Waals surface area contributed by atoms with E-state index in [9.17, 15) is 18.3 Å². The number of phenols is 1. The molecule has 0 bridgehead atoms. The molecule has 0 aliphatic rings. The second kappa shape index (κ2) is 5.15. The Kier molecular flexibility index (Phi) is 4.08. The SMILES string of the molecule is O=C(O)CC(O)CS(=O)(=O)c1ccc(O)cc1. The molecular weight excluding hydrogens is 248 g/mol. The van der Waals surface area contributed by atoms with Gasteiger partial charge in [-0.2, -0.15) is 0 Å². The predicted octanol–water partition coefficient (Wildman–Crippen LogP) is 0.00150. The van der Waals surface area contributed by atoms with Gasteiger partial charge in [-0.25, -0.2) is 8.42 Å². The molecule has 6 nitrogen and oxygen atoms in total. The Labute approximate surface area is 98.1 Å². The second-order valence-corrected chi connectivity index (χ2v) is 5.56. The minimum atomic E-state index is -3.75. The molecule has 1 unspecified atom stereocenters. The number of aromatic hydroxyl groups is 1. The highest BCUT2D eigenvalue weighted by Crippen LogP contribution is 2.16. The Balaban J connectivity index is 2.82. The summed E-state index contributed by atoms with van der Waals surface area (Å²) in [5.41, 5.74) is 0. The van der Waals surface area contributed by atoms with Gasteiger partial charge in [0, 0.05) is 0 Å². The Bertz CT molecular complexity index is 490. The van der Waals surface area contributed by atoms with Crippen LogP contribution in [0, 0.1) is 0 Å². The van der Waals surface area contributed by atoms with Crippen molar-refractivity contribution in [2.75, 3.05) is 5.75 Å². The van der Waals surface area contributed by atoms with E-state index in [1.807, 2.05) is 0 Å². The average Bonchev–Trinajstić information content (AvgIpc) is 2.15. The summed E-state index contributed by atoms with van der Waals surface area (Å²) < 4.78 is 23.4. The van der Waals surface area contributed by atoms with Crippen molar-refractivity contribution in [3.05, 3.63) is 24.3 Å². The number of aliphatic carboxylic acids is 1. The van der Waals surface area contributed by atoms with E-state index in [-0.39, 0.29) is 10.6 Å². The van der Waals surface area contributed by atoms with Crippen LogP contribution in [0.4, 0.5) is 0 Å². The fraction of sp³-hybridized carbons (Fsp3) is 0.300. The summed E-state index contributed by atoms with van der Waals surface area (Å²) in [5, 5.41) is 26.7. The largest absolute Gasteiger partial charge is 0.508 e. The zero-order chi connectivity index (χ0) is 13.1. The van der Waals surface area contributed by atoms with E-state index in [0.717, 1.165) is 0 Å². The summed E-state index contributed by atoms with van der Waals surface area (Å²) in [6, 6.07) is 4.79. The van der Waals surface area contributed by atoms with Crippen LogP contribution in [0.15, 0.2) is 29.2 Å². The van der Waals surface area contributed by atoms with Crippen LogP contribution in [0.3, 0.4) is 0 Å². The lowest BCUT2D eigenvalue weighted by Gasteiger charge is -2.09. The maximum Gasteiger partial charge on any atom is 0.306 e. The number of benzene rings is 1. The standard InChI is InChI=1S/C10H12O6S/c11-7-1-3-9(4-2-7)17(15,16)6-8(12)5-10(13)14/h1-4,8,11-12H,5-6H2,(H,13,14). The van der Waals surface area contributed by atoms with Crippen molar-refractivity contribution in [2.24, 2.45) is 0 Å². The minimum Gasteiger partial charge on any atom is -0.508 e. The molecule has 0 heterocycles. The van der Waals surface area contributed by atoms with Crippen molar-refractivity contribution in [2.45, 2.75) is 17.4 Å². The molecule has 1 aromatic carbocycles. The maximum absolute atomic E-state index is 11.7. The molecule has 94 valence electrons. The molecule has 0 radical (unpaired) electrons. The summed E-state index contributed by atoms with van der Waals surface area (Å²) in [6.07, 6.45) is -2.08. The van der Waals surface area contributed by atoms with Crippen molar-refractivity contribution in [1.82, 2.24) is 0 Å². The fourth-order valence-corrected chi connectivity index (χ4v) is 2.63. The first-order chi connectivity index (χ1) is 7.81. The van der Waals surface area contributed by atoms with Gasteiger partial charge in [-0.3, -0.25) is 4.79 Å². The minimum absolute atomic E-state index is 0.0697. The second-order valence-electron chi connectivity index (χ2n) is 3.53. The first-order valence-corrected chi connectivity index (χ1v) is 6.38. The topological polar surface area (TPSA) is 112 Å². The number of aliphatic hydroxyl groups is 1. The lowest BCUT2D eigenvalue weighted by molar-refractivity contribution is -0.138. The van der Waals surface area contributed by atoms with Crippen LogP contribution < -0.4 is 0 Å². The van der Waals surface area contributed by atoms with E-state index in [2.05, 4.69) is 0 Å². The number of carbonyl (C=O) groups is 1. The number of carboxylic acids is 1. The Morgan fingerprint density at radius 2 is 1.76 bits per heavy atom. The van der Waals surface area contributed by atoms with Crippen LogP contribution in [0.25, 0.3) is 0 Å². The number of rotatable bonds is 5. The Morgan fingerprint density at radius 3 is 2.24 bits per heavy atom. The first kappa shape index (κ1) is 13.5. The van der Waals surface area contributed by atoms with Crippen LogP contribution in [-0.4, -0.2) is 41.6 Å². The highest BCUT2D eigenvalue weighted by Gasteiger charge is 2.21. The van der Waals surface area contributed by atoms with Crippen molar-refractivity contribution in [1.29, 1.82) is 0 Å².